The molecular weight excluding hydrogens is 254 g/mol. The molecule has 0 spiro atoms. The van der Waals surface area contributed by atoms with E-state index in [0.29, 0.717) is 0 Å². The smallest absolute Gasteiger partial charge is 0.239 e. The molecule has 1 saturated heterocycles. The summed E-state index contributed by atoms with van der Waals surface area (Å²) >= 11 is 0. The Morgan fingerprint density at radius 1 is 1.40 bits per heavy atom. The molecule has 0 saturated carbocycles. The minimum absolute atomic E-state index is 0.0573. The Bertz CT molecular complexity index is 301. The minimum Gasteiger partial charge on any atom is -0.379 e. The van der Waals surface area contributed by atoms with Crippen molar-refractivity contribution in [1.29, 1.82) is 0 Å². The molecule has 1 rings (SSSR count). The van der Waals surface area contributed by atoms with E-state index in [2.05, 4.69) is 25.7 Å². The fourth-order valence-electron chi connectivity index (χ4n) is 2.85. The third-order valence-electron chi connectivity index (χ3n) is 3.71. The predicted octanol–water partition coefficient (Wildman–Crippen LogP) is 0.931. The molecule has 0 aliphatic carbocycles. The van der Waals surface area contributed by atoms with Gasteiger partial charge >= 0.3 is 0 Å². The number of carbonyl (C=O) groups is 1. The van der Waals surface area contributed by atoms with Crippen LogP contribution in [0.2, 0.25) is 0 Å². The van der Waals surface area contributed by atoms with Crippen molar-refractivity contribution in [1.82, 2.24) is 9.80 Å². The van der Waals surface area contributed by atoms with Crippen LogP contribution in [0.25, 0.3) is 0 Å². The van der Waals surface area contributed by atoms with Crippen LogP contribution in [0.5, 0.6) is 0 Å². The average Bonchev–Trinajstić information content (AvgIpc) is 2.38. The van der Waals surface area contributed by atoms with E-state index in [1.54, 1.807) is 4.90 Å². The van der Waals surface area contributed by atoms with E-state index >= 15 is 0 Å². The lowest BCUT2D eigenvalue weighted by molar-refractivity contribution is -0.133. The Morgan fingerprint density at radius 3 is 2.55 bits per heavy atom. The number of ether oxygens (including phenoxy) is 1. The van der Waals surface area contributed by atoms with Crippen LogP contribution in [0.1, 0.15) is 33.6 Å². The van der Waals surface area contributed by atoms with Gasteiger partial charge in [0.15, 0.2) is 0 Å². The molecule has 1 amide bonds. The second-order valence-electron chi connectivity index (χ2n) is 6.64. The number of nitrogens with two attached hydrogens (primary N) is 1. The summed E-state index contributed by atoms with van der Waals surface area (Å²) < 4.78 is 5.37. The molecule has 0 aromatic rings. The molecule has 1 aliphatic rings. The van der Waals surface area contributed by atoms with Gasteiger partial charge in [0.05, 0.1) is 19.3 Å². The van der Waals surface area contributed by atoms with Crippen LogP contribution in [0, 0.1) is 5.41 Å². The van der Waals surface area contributed by atoms with Crippen molar-refractivity contribution in [3.63, 3.8) is 0 Å². The molecule has 5 nitrogen and oxygen atoms in total. The number of hydrogen-bond acceptors (Lipinski definition) is 4. The maximum absolute atomic E-state index is 12.2. The zero-order valence-corrected chi connectivity index (χ0v) is 13.5. The Labute approximate surface area is 123 Å². The van der Waals surface area contributed by atoms with Gasteiger partial charge in [-0.2, -0.15) is 0 Å². The highest BCUT2D eigenvalue weighted by Gasteiger charge is 2.27. The molecule has 0 bridgehead atoms. The topological polar surface area (TPSA) is 58.8 Å². The van der Waals surface area contributed by atoms with Crippen LogP contribution >= 0.6 is 0 Å². The highest BCUT2D eigenvalue weighted by Crippen LogP contribution is 2.19. The summed E-state index contributed by atoms with van der Waals surface area (Å²) in [6, 6.07) is -0.357. The molecule has 1 unspecified atom stereocenters. The maximum atomic E-state index is 12.2. The molecule has 0 radical (unpaired) electrons. The zero-order valence-electron chi connectivity index (χ0n) is 13.5. The Morgan fingerprint density at radius 2 is 2.00 bits per heavy atom. The maximum Gasteiger partial charge on any atom is 0.239 e. The first-order valence-corrected chi connectivity index (χ1v) is 7.66. The van der Waals surface area contributed by atoms with Gasteiger partial charge in [-0.05, 0) is 11.8 Å². The standard InChI is InChI=1S/C15H31N3O2/c1-5-6-13(16)14(19)17(4)11-15(2,3)12-18-7-9-20-10-8-18/h13H,5-12,16H2,1-4H3. The van der Waals surface area contributed by atoms with Gasteiger partial charge in [-0.3, -0.25) is 9.69 Å². The highest BCUT2D eigenvalue weighted by atomic mass is 16.5. The van der Waals surface area contributed by atoms with Crippen molar-refractivity contribution in [2.75, 3.05) is 46.4 Å². The molecule has 5 heteroatoms. The molecule has 1 aliphatic heterocycles. The summed E-state index contributed by atoms with van der Waals surface area (Å²) in [6.07, 6.45) is 1.70. The van der Waals surface area contributed by atoms with E-state index in [0.717, 1.165) is 52.2 Å². The summed E-state index contributed by atoms with van der Waals surface area (Å²) in [4.78, 5) is 16.4. The quantitative estimate of drug-likeness (QED) is 0.756. The summed E-state index contributed by atoms with van der Waals surface area (Å²) in [7, 11) is 1.86. The second kappa shape index (κ2) is 7.96. The molecule has 20 heavy (non-hydrogen) atoms. The minimum atomic E-state index is -0.357. The molecule has 0 aromatic heterocycles. The van der Waals surface area contributed by atoms with Gasteiger partial charge < -0.3 is 15.4 Å². The van der Waals surface area contributed by atoms with Gasteiger partial charge in [-0.25, -0.2) is 0 Å². The number of carbonyl (C=O) groups excluding carboxylic acids is 1. The fraction of sp³-hybridized carbons (Fsp3) is 0.933. The Balaban J connectivity index is 2.45. The van der Waals surface area contributed by atoms with Crippen molar-refractivity contribution in [3.8, 4) is 0 Å². The molecular formula is C15H31N3O2. The monoisotopic (exact) mass is 285 g/mol. The number of likely N-dealkylation sites (N-methyl/N-ethyl adjacent to an activating group) is 1. The number of hydrogen-bond donors (Lipinski definition) is 1. The zero-order chi connectivity index (χ0) is 15.2. The van der Waals surface area contributed by atoms with Crippen molar-refractivity contribution in [3.05, 3.63) is 0 Å². The molecule has 0 aromatic carbocycles. The van der Waals surface area contributed by atoms with E-state index in [9.17, 15) is 4.79 Å². The van der Waals surface area contributed by atoms with Crippen LogP contribution in [0.4, 0.5) is 0 Å². The molecule has 1 atom stereocenters. The predicted molar refractivity (Wildman–Crippen MR) is 81.6 cm³/mol. The number of rotatable bonds is 7. The first-order valence-electron chi connectivity index (χ1n) is 7.66. The van der Waals surface area contributed by atoms with E-state index in [1.165, 1.54) is 0 Å². The van der Waals surface area contributed by atoms with E-state index in [1.807, 2.05) is 7.05 Å². The van der Waals surface area contributed by atoms with E-state index in [4.69, 9.17) is 10.5 Å². The van der Waals surface area contributed by atoms with E-state index in [-0.39, 0.29) is 17.4 Å². The van der Waals surface area contributed by atoms with Crippen molar-refractivity contribution < 1.29 is 9.53 Å². The summed E-state index contributed by atoms with van der Waals surface area (Å²) in [5, 5.41) is 0. The summed E-state index contributed by atoms with van der Waals surface area (Å²) in [6.45, 7) is 11.8. The summed E-state index contributed by atoms with van der Waals surface area (Å²) in [5.41, 5.74) is 5.98. The third kappa shape index (κ3) is 5.77. The van der Waals surface area contributed by atoms with Crippen LogP contribution in [-0.2, 0) is 9.53 Å². The van der Waals surface area contributed by atoms with Gasteiger partial charge in [0.2, 0.25) is 5.91 Å². The van der Waals surface area contributed by atoms with Gasteiger partial charge in [0.25, 0.3) is 0 Å². The Kier molecular flexibility index (Phi) is 6.92. The molecule has 2 N–H and O–H groups in total. The van der Waals surface area contributed by atoms with Crippen LogP contribution in [-0.4, -0.2) is 68.2 Å². The normalized spacial score (nSPS) is 18.9. The van der Waals surface area contributed by atoms with Gasteiger partial charge in [0, 0.05) is 33.2 Å². The van der Waals surface area contributed by atoms with Crippen LogP contribution in [0.15, 0.2) is 0 Å². The number of morpholine rings is 1. The molecule has 118 valence electrons. The number of nitrogens with zero attached hydrogens (tertiary/aromatic N) is 2. The van der Waals surface area contributed by atoms with Crippen molar-refractivity contribution in [2.24, 2.45) is 11.1 Å². The second-order valence-corrected chi connectivity index (χ2v) is 6.64. The van der Waals surface area contributed by atoms with Gasteiger partial charge in [-0.15, -0.1) is 0 Å². The number of amides is 1. The van der Waals surface area contributed by atoms with Crippen LogP contribution < -0.4 is 5.73 Å². The van der Waals surface area contributed by atoms with Gasteiger partial charge in [-0.1, -0.05) is 27.2 Å². The molecule has 1 heterocycles. The SMILES string of the molecule is CCCC(N)C(=O)N(C)CC(C)(C)CN1CCOCC1. The Hall–Kier alpha value is -0.650. The van der Waals surface area contributed by atoms with Crippen LogP contribution in [0.3, 0.4) is 0 Å². The van der Waals surface area contributed by atoms with Crippen molar-refractivity contribution in [2.45, 2.75) is 39.7 Å². The highest BCUT2D eigenvalue weighted by molar-refractivity contribution is 5.81. The average molecular weight is 285 g/mol. The lowest BCUT2D eigenvalue weighted by Gasteiger charge is -2.37. The first-order chi connectivity index (χ1) is 9.35. The van der Waals surface area contributed by atoms with Gasteiger partial charge in [0.1, 0.15) is 0 Å². The summed E-state index contributed by atoms with van der Waals surface area (Å²) in [5.74, 6) is 0.0573. The molecule has 1 fully saturated rings. The van der Waals surface area contributed by atoms with Crippen molar-refractivity contribution >= 4 is 5.91 Å². The fourth-order valence-corrected chi connectivity index (χ4v) is 2.85. The largest absolute Gasteiger partial charge is 0.379 e. The lowest BCUT2D eigenvalue weighted by atomic mass is 9.91. The first kappa shape index (κ1) is 17.4. The third-order valence-corrected chi connectivity index (χ3v) is 3.71. The lowest BCUT2D eigenvalue weighted by Crippen LogP contribution is -2.49. The van der Waals surface area contributed by atoms with E-state index < -0.39 is 0 Å².